The summed E-state index contributed by atoms with van der Waals surface area (Å²) in [5, 5.41) is 18.1. The maximum Gasteiger partial charge on any atom is 0.137 e. The van der Waals surface area contributed by atoms with Gasteiger partial charge in [-0.1, -0.05) is 18.2 Å². The van der Waals surface area contributed by atoms with Crippen molar-refractivity contribution in [2.45, 2.75) is 6.92 Å². The Kier molecular flexibility index (Phi) is 5.53. The van der Waals surface area contributed by atoms with Gasteiger partial charge < -0.3 is 14.4 Å². The molecule has 26 heavy (non-hydrogen) atoms. The molecule has 0 aliphatic carbocycles. The molecule has 2 heterocycles. The van der Waals surface area contributed by atoms with Crippen LogP contribution in [0.3, 0.4) is 0 Å². The van der Waals surface area contributed by atoms with Gasteiger partial charge in [0, 0.05) is 24.4 Å². The monoisotopic (exact) mass is 345 g/mol. The van der Waals surface area contributed by atoms with Crippen LogP contribution in [-0.4, -0.2) is 26.3 Å². The number of hydrogen-bond acceptors (Lipinski definition) is 5. The molecule has 0 radical (unpaired) electrons. The summed E-state index contributed by atoms with van der Waals surface area (Å²) in [6.45, 7) is 5.16. The summed E-state index contributed by atoms with van der Waals surface area (Å²) in [5.41, 5.74) is 2.88. The zero-order valence-corrected chi connectivity index (χ0v) is 14.6. The summed E-state index contributed by atoms with van der Waals surface area (Å²) in [4.78, 5) is 2.31. The first-order chi connectivity index (χ1) is 12.7. The van der Waals surface area contributed by atoms with Crippen molar-refractivity contribution in [1.29, 1.82) is 10.5 Å². The second-order valence-electron chi connectivity index (χ2n) is 5.98. The van der Waals surface area contributed by atoms with Gasteiger partial charge in [-0.2, -0.15) is 10.5 Å². The molecule has 0 spiro atoms. The van der Waals surface area contributed by atoms with Crippen molar-refractivity contribution in [3.63, 3.8) is 0 Å². The fourth-order valence-corrected chi connectivity index (χ4v) is 2.84. The SMILES string of the molecule is CC1=CC(=C(C#N)C#N)C=C(C=Cc2ccc(N3CCOCC3)cc2)O1. The maximum absolute atomic E-state index is 9.03. The van der Waals surface area contributed by atoms with E-state index in [1.165, 1.54) is 5.69 Å². The average molecular weight is 345 g/mol. The fourth-order valence-electron chi connectivity index (χ4n) is 2.84. The summed E-state index contributed by atoms with van der Waals surface area (Å²) >= 11 is 0. The lowest BCUT2D eigenvalue weighted by atomic mass is 10.1. The van der Waals surface area contributed by atoms with Crippen LogP contribution in [-0.2, 0) is 9.47 Å². The minimum absolute atomic E-state index is 0.0772. The Hall–Kier alpha value is -3.28. The predicted octanol–water partition coefficient (Wildman–Crippen LogP) is 3.70. The van der Waals surface area contributed by atoms with Gasteiger partial charge >= 0.3 is 0 Å². The zero-order valence-electron chi connectivity index (χ0n) is 14.6. The molecule has 130 valence electrons. The molecule has 0 saturated carbocycles. The molecule has 0 atom stereocenters. The zero-order chi connectivity index (χ0) is 18.4. The van der Waals surface area contributed by atoms with Gasteiger partial charge in [0.15, 0.2) is 0 Å². The molecule has 0 amide bonds. The number of hydrogen-bond donors (Lipinski definition) is 0. The Morgan fingerprint density at radius 1 is 1.04 bits per heavy atom. The van der Waals surface area contributed by atoms with Gasteiger partial charge in [-0.3, -0.25) is 0 Å². The Morgan fingerprint density at radius 2 is 1.73 bits per heavy atom. The lowest BCUT2D eigenvalue weighted by molar-refractivity contribution is 0.122. The molecule has 0 aromatic heterocycles. The summed E-state index contributed by atoms with van der Waals surface area (Å²) < 4.78 is 11.0. The third kappa shape index (κ3) is 4.22. The number of allylic oxidation sites excluding steroid dienone is 6. The van der Waals surface area contributed by atoms with Gasteiger partial charge in [0.1, 0.15) is 29.2 Å². The topological polar surface area (TPSA) is 69.3 Å². The lowest BCUT2D eigenvalue weighted by Crippen LogP contribution is -2.36. The number of benzene rings is 1. The second kappa shape index (κ2) is 8.20. The van der Waals surface area contributed by atoms with Gasteiger partial charge in [0.05, 0.1) is 13.2 Å². The van der Waals surface area contributed by atoms with Gasteiger partial charge in [0.25, 0.3) is 0 Å². The molecular formula is C21H19N3O2. The average Bonchev–Trinajstić information content (AvgIpc) is 2.68. The molecule has 5 heteroatoms. The first-order valence-corrected chi connectivity index (χ1v) is 8.43. The smallest absolute Gasteiger partial charge is 0.137 e. The molecule has 2 aliphatic rings. The van der Waals surface area contributed by atoms with Crippen LogP contribution in [0.4, 0.5) is 5.69 Å². The number of morpholine rings is 1. The summed E-state index contributed by atoms with van der Waals surface area (Å²) in [6, 6.07) is 12.1. The molecule has 1 aromatic rings. The first kappa shape index (κ1) is 17.5. The molecular weight excluding hydrogens is 326 g/mol. The Balaban J connectivity index is 1.74. The van der Waals surface area contributed by atoms with Gasteiger partial charge in [-0.05, 0) is 42.8 Å². The molecule has 1 fully saturated rings. The summed E-state index contributed by atoms with van der Waals surface area (Å²) in [5.74, 6) is 1.24. The van der Waals surface area contributed by atoms with E-state index in [2.05, 4.69) is 29.2 Å². The molecule has 1 saturated heterocycles. The highest BCUT2D eigenvalue weighted by atomic mass is 16.5. The van der Waals surface area contributed by atoms with Crippen LogP contribution >= 0.6 is 0 Å². The minimum atomic E-state index is 0.0772. The number of ether oxygens (including phenoxy) is 2. The molecule has 2 aliphatic heterocycles. The van der Waals surface area contributed by atoms with Crippen LogP contribution in [0, 0.1) is 22.7 Å². The number of rotatable bonds is 3. The third-order valence-corrected chi connectivity index (χ3v) is 4.16. The van der Waals surface area contributed by atoms with Crippen LogP contribution < -0.4 is 4.90 Å². The predicted molar refractivity (Wildman–Crippen MR) is 99.7 cm³/mol. The minimum Gasteiger partial charge on any atom is -0.462 e. The van der Waals surface area contributed by atoms with E-state index >= 15 is 0 Å². The van der Waals surface area contributed by atoms with Crippen LogP contribution in [0.5, 0.6) is 0 Å². The van der Waals surface area contributed by atoms with Crippen LogP contribution in [0.15, 0.2) is 65.2 Å². The summed E-state index contributed by atoms with van der Waals surface area (Å²) in [6.07, 6.45) is 7.18. The van der Waals surface area contributed by atoms with Crippen LogP contribution in [0.2, 0.25) is 0 Å². The van der Waals surface area contributed by atoms with E-state index in [0.717, 1.165) is 31.9 Å². The van der Waals surface area contributed by atoms with Gasteiger partial charge in [-0.25, -0.2) is 0 Å². The van der Waals surface area contributed by atoms with Gasteiger partial charge in [-0.15, -0.1) is 0 Å². The number of nitrogens with zero attached hydrogens (tertiary/aromatic N) is 3. The van der Waals surface area contributed by atoms with E-state index < -0.39 is 0 Å². The standard InChI is InChI=1S/C21H19N3O2/c1-16-12-18(19(14-22)15-23)13-21(26-16)7-4-17-2-5-20(6-3-17)24-8-10-25-11-9-24/h2-7,12-13H,8-11H2,1H3. The quantitative estimate of drug-likeness (QED) is 0.781. The molecule has 5 nitrogen and oxygen atoms in total. The molecule has 0 N–H and O–H groups in total. The van der Waals surface area contributed by atoms with E-state index in [1.807, 2.05) is 24.3 Å². The molecule has 0 bridgehead atoms. The van der Waals surface area contributed by atoms with E-state index in [9.17, 15) is 0 Å². The highest BCUT2D eigenvalue weighted by Gasteiger charge is 2.11. The Labute approximate surface area is 153 Å². The summed E-state index contributed by atoms with van der Waals surface area (Å²) in [7, 11) is 0. The largest absolute Gasteiger partial charge is 0.462 e. The lowest BCUT2D eigenvalue weighted by Gasteiger charge is -2.28. The van der Waals surface area contributed by atoms with Crippen molar-refractivity contribution >= 4 is 11.8 Å². The van der Waals surface area contributed by atoms with E-state index in [1.54, 1.807) is 19.1 Å². The Morgan fingerprint density at radius 3 is 2.38 bits per heavy atom. The molecule has 3 rings (SSSR count). The normalized spacial score (nSPS) is 17.0. The second-order valence-corrected chi connectivity index (χ2v) is 5.98. The van der Waals surface area contributed by atoms with E-state index in [-0.39, 0.29) is 5.57 Å². The number of nitriles is 2. The van der Waals surface area contributed by atoms with E-state index in [0.29, 0.717) is 17.1 Å². The van der Waals surface area contributed by atoms with Crippen molar-refractivity contribution in [2.75, 3.05) is 31.2 Å². The van der Waals surface area contributed by atoms with Crippen LogP contribution in [0.25, 0.3) is 6.08 Å². The van der Waals surface area contributed by atoms with Gasteiger partial charge in [0.2, 0.25) is 0 Å². The van der Waals surface area contributed by atoms with Crippen LogP contribution in [0.1, 0.15) is 12.5 Å². The highest BCUT2D eigenvalue weighted by molar-refractivity contribution is 5.59. The van der Waals surface area contributed by atoms with Crippen molar-refractivity contribution in [3.8, 4) is 12.1 Å². The maximum atomic E-state index is 9.03. The van der Waals surface area contributed by atoms with Crippen molar-refractivity contribution in [2.24, 2.45) is 0 Å². The molecule has 1 aromatic carbocycles. The highest BCUT2D eigenvalue weighted by Crippen LogP contribution is 2.23. The number of anilines is 1. The first-order valence-electron chi connectivity index (χ1n) is 8.43. The van der Waals surface area contributed by atoms with Crippen molar-refractivity contribution in [3.05, 3.63) is 70.7 Å². The fraction of sp³-hybridized carbons (Fsp3) is 0.238. The van der Waals surface area contributed by atoms with Crippen molar-refractivity contribution in [1.82, 2.24) is 0 Å². The third-order valence-electron chi connectivity index (χ3n) is 4.16. The van der Waals surface area contributed by atoms with Crippen molar-refractivity contribution < 1.29 is 9.47 Å². The van der Waals surface area contributed by atoms with E-state index in [4.69, 9.17) is 20.0 Å². The molecule has 0 unspecified atom stereocenters. The Bertz CT molecular complexity index is 855.